The number of aliphatic imine (C=N–C) groups is 1. The molecular formula is C15H26IN3O2S2. The minimum atomic E-state index is -2.81. The first-order chi connectivity index (χ1) is 10.5. The molecule has 0 amide bonds. The van der Waals surface area contributed by atoms with Gasteiger partial charge in [-0.15, -0.1) is 24.0 Å². The summed E-state index contributed by atoms with van der Waals surface area (Å²) in [6, 6.07) is 2.13. The number of nitrogens with zero attached hydrogens (tertiary/aromatic N) is 1. The minimum absolute atomic E-state index is 0. The van der Waals surface area contributed by atoms with E-state index in [4.69, 9.17) is 0 Å². The van der Waals surface area contributed by atoms with E-state index in [-0.39, 0.29) is 29.9 Å². The first-order valence-corrected chi connectivity index (χ1v) is 10.5. The standard InChI is InChI=1S/C15H25N3O2S2.HI/c1-3-16-15(17-8-12(2)14-4-6-21-10-14)18-9-13-5-7-22(19,20)11-13;/h4,6,10,12-13H,3,5,7-9,11H2,1-2H3,(H2,16,17,18);1H. The lowest BCUT2D eigenvalue weighted by atomic mass is 10.1. The Balaban J connectivity index is 0.00000264. The van der Waals surface area contributed by atoms with Crippen LogP contribution in [-0.4, -0.2) is 45.5 Å². The summed E-state index contributed by atoms with van der Waals surface area (Å²) < 4.78 is 23.0. The van der Waals surface area contributed by atoms with Crippen molar-refractivity contribution in [2.24, 2.45) is 10.9 Å². The maximum atomic E-state index is 11.5. The third kappa shape index (κ3) is 6.96. The predicted octanol–water partition coefficient (Wildman–Crippen LogP) is 2.46. The Labute approximate surface area is 160 Å². The Morgan fingerprint density at radius 1 is 1.48 bits per heavy atom. The van der Waals surface area contributed by atoms with Crippen molar-refractivity contribution in [3.63, 3.8) is 0 Å². The molecule has 5 nitrogen and oxygen atoms in total. The molecule has 1 aliphatic rings. The number of nitrogens with one attached hydrogen (secondary N) is 2. The molecule has 2 N–H and O–H groups in total. The van der Waals surface area contributed by atoms with Crippen molar-refractivity contribution in [3.8, 4) is 0 Å². The van der Waals surface area contributed by atoms with Crippen molar-refractivity contribution in [3.05, 3.63) is 22.4 Å². The van der Waals surface area contributed by atoms with Gasteiger partial charge in [0.25, 0.3) is 0 Å². The van der Waals surface area contributed by atoms with E-state index in [0.29, 0.717) is 24.0 Å². The summed E-state index contributed by atoms with van der Waals surface area (Å²) in [5.41, 5.74) is 1.31. The molecular weight excluding hydrogens is 445 g/mol. The molecule has 2 atom stereocenters. The fourth-order valence-corrected chi connectivity index (χ4v) is 5.15. The van der Waals surface area contributed by atoms with Crippen LogP contribution in [0.5, 0.6) is 0 Å². The zero-order chi connectivity index (χ0) is 16.0. The fraction of sp³-hybridized carbons (Fsp3) is 0.667. The molecule has 23 heavy (non-hydrogen) atoms. The van der Waals surface area contributed by atoms with Crippen molar-refractivity contribution in [2.45, 2.75) is 26.2 Å². The van der Waals surface area contributed by atoms with Crippen molar-refractivity contribution in [1.29, 1.82) is 0 Å². The van der Waals surface area contributed by atoms with Crippen LogP contribution in [0.15, 0.2) is 21.8 Å². The van der Waals surface area contributed by atoms with Crippen LogP contribution in [0, 0.1) is 5.92 Å². The van der Waals surface area contributed by atoms with Crippen LogP contribution in [0.4, 0.5) is 0 Å². The quantitative estimate of drug-likeness (QED) is 0.380. The zero-order valence-corrected chi connectivity index (χ0v) is 17.6. The molecule has 2 rings (SSSR count). The van der Waals surface area contributed by atoms with Gasteiger partial charge in [-0.3, -0.25) is 4.99 Å². The lowest BCUT2D eigenvalue weighted by Gasteiger charge is -2.15. The van der Waals surface area contributed by atoms with Gasteiger partial charge in [-0.2, -0.15) is 11.3 Å². The Morgan fingerprint density at radius 2 is 2.26 bits per heavy atom. The average molecular weight is 471 g/mol. The first kappa shape index (κ1) is 20.7. The summed E-state index contributed by atoms with van der Waals surface area (Å²) in [6.45, 7) is 6.37. The number of hydrogen-bond acceptors (Lipinski definition) is 4. The van der Waals surface area contributed by atoms with Gasteiger partial charge in [0, 0.05) is 25.6 Å². The predicted molar refractivity (Wildman–Crippen MR) is 109 cm³/mol. The maximum Gasteiger partial charge on any atom is 0.191 e. The van der Waals surface area contributed by atoms with Crippen LogP contribution >= 0.6 is 35.3 Å². The topological polar surface area (TPSA) is 70.6 Å². The minimum Gasteiger partial charge on any atom is -0.357 e. The largest absolute Gasteiger partial charge is 0.357 e. The molecule has 1 saturated heterocycles. The SMILES string of the molecule is CCNC(=NCC(C)c1ccsc1)NCC1CCS(=O)(=O)C1.I. The summed E-state index contributed by atoms with van der Waals surface area (Å²) in [7, 11) is -2.81. The third-order valence-electron chi connectivity index (χ3n) is 3.86. The van der Waals surface area contributed by atoms with Crippen molar-refractivity contribution >= 4 is 51.1 Å². The summed E-state index contributed by atoms with van der Waals surface area (Å²) in [4.78, 5) is 4.62. The molecule has 2 heterocycles. The molecule has 0 radical (unpaired) electrons. The second-order valence-electron chi connectivity index (χ2n) is 5.83. The average Bonchev–Trinajstić information content (AvgIpc) is 3.11. The Morgan fingerprint density at radius 3 is 2.83 bits per heavy atom. The molecule has 1 aromatic heterocycles. The van der Waals surface area contributed by atoms with Crippen molar-refractivity contribution in [2.75, 3.05) is 31.1 Å². The molecule has 0 bridgehead atoms. The van der Waals surface area contributed by atoms with E-state index in [1.54, 1.807) is 11.3 Å². The van der Waals surface area contributed by atoms with Gasteiger partial charge in [0.2, 0.25) is 0 Å². The van der Waals surface area contributed by atoms with Crippen LogP contribution in [0.2, 0.25) is 0 Å². The number of halogens is 1. The third-order valence-corrected chi connectivity index (χ3v) is 6.40. The first-order valence-electron chi connectivity index (χ1n) is 7.75. The molecule has 1 aliphatic heterocycles. The summed E-state index contributed by atoms with van der Waals surface area (Å²) >= 11 is 1.70. The lowest BCUT2D eigenvalue weighted by Crippen LogP contribution is -2.40. The summed E-state index contributed by atoms with van der Waals surface area (Å²) in [5.74, 6) is 1.97. The van der Waals surface area contributed by atoms with Crippen LogP contribution < -0.4 is 10.6 Å². The Kier molecular flexibility index (Phi) is 8.84. The van der Waals surface area contributed by atoms with Gasteiger partial charge >= 0.3 is 0 Å². The van der Waals surface area contributed by atoms with Crippen LogP contribution in [0.1, 0.15) is 31.7 Å². The highest BCUT2D eigenvalue weighted by Gasteiger charge is 2.27. The molecule has 0 saturated carbocycles. The number of guanidine groups is 1. The number of sulfone groups is 1. The normalized spacial score (nSPS) is 21.5. The van der Waals surface area contributed by atoms with Crippen molar-refractivity contribution < 1.29 is 8.42 Å². The van der Waals surface area contributed by atoms with E-state index in [0.717, 1.165) is 25.5 Å². The molecule has 0 aromatic carbocycles. The fourth-order valence-electron chi connectivity index (χ4n) is 2.50. The molecule has 132 valence electrons. The Bertz CT molecular complexity index is 588. The molecule has 8 heteroatoms. The van der Waals surface area contributed by atoms with E-state index in [9.17, 15) is 8.42 Å². The molecule has 1 fully saturated rings. The monoisotopic (exact) mass is 471 g/mol. The van der Waals surface area contributed by atoms with Crippen molar-refractivity contribution in [1.82, 2.24) is 10.6 Å². The molecule has 0 aliphatic carbocycles. The number of rotatable bonds is 6. The number of hydrogen-bond donors (Lipinski definition) is 2. The van der Waals surface area contributed by atoms with Gasteiger partial charge in [0.15, 0.2) is 15.8 Å². The zero-order valence-electron chi connectivity index (χ0n) is 13.6. The summed E-state index contributed by atoms with van der Waals surface area (Å²) in [6.07, 6.45) is 0.750. The van der Waals surface area contributed by atoms with Gasteiger partial charge in [-0.05, 0) is 41.7 Å². The molecule has 2 unspecified atom stereocenters. The van der Waals surface area contributed by atoms with Crippen LogP contribution in [0.3, 0.4) is 0 Å². The van der Waals surface area contributed by atoms with Gasteiger partial charge < -0.3 is 10.6 Å². The maximum absolute atomic E-state index is 11.5. The highest BCUT2D eigenvalue weighted by Crippen LogP contribution is 2.19. The highest BCUT2D eigenvalue weighted by atomic mass is 127. The van der Waals surface area contributed by atoms with E-state index >= 15 is 0 Å². The lowest BCUT2D eigenvalue weighted by molar-refractivity contribution is 0.567. The number of thiophene rings is 1. The molecule has 1 aromatic rings. The second kappa shape index (κ2) is 9.83. The van der Waals surface area contributed by atoms with Crippen LogP contribution in [-0.2, 0) is 9.84 Å². The van der Waals surface area contributed by atoms with Gasteiger partial charge in [-0.1, -0.05) is 6.92 Å². The van der Waals surface area contributed by atoms with E-state index in [2.05, 4.69) is 39.4 Å². The highest BCUT2D eigenvalue weighted by molar-refractivity contribution is 14.0. The smallest absolute Gasteiger partial charge is 0.191 e. The van der Waals surface area contributed by atoms with Gasteiger partial charge in [-0.25, -0.2) is 8.42 Å². The van der Waals surface area contributed by atoms with E-state index < -0.39 is 9.84 Å². The Hall–Kier alpha value is -0.350. The second-order valence-corrected chi connectivity index (χ2v) is 8.84. The van der Waals surface area contributed by atoms with Crippen LogP contribution in [0.25, 0.3) is 0 Å². The van der Waals surface area contributed by atoms with Gasteiger partial charge in [0.05, 0.1) is 11.5 Å². The van der Waals surface area contributed by atoms with E-state index in [1.165, 1.54) is 5.56 Å². The van der Waals surface area contributed by atoms with E-state index in [1.807, 2.05) is 6.92 Å². The molecule has 0 spiro atoms. The summed E-state index contributed by atoms with van der Waals surface area (Å²) in [5, 5.41) is 10.7. The van der Waals surface area contributed by atoms with Gasteiger partial charge in [0.1, 0.15) is 0 Å².